The first-order valence-electron chi connectivity index (χ1n) is 8.65. The number of carbonyl (C=O) groups is 1. The van der Waals surface area contributed by atoms with E-state index in [4.69, 9.17) is 0 Å². The predicted molar refractivity (Wildman–Crippen MR) is 104 cm³/mol. The Bertz CT molecular complexity index is 850. The molecule has 0 aromatic heterocycles. The van der Waals surface area contributed by atoms with Crippen LogP contribution in [0.1, 0.15) is 18.1 Å². The molecule has 0 aliphatic heterocycles. The minimum Gasteiger partial charge on any atom is -0.508 e. The molecule has 146 valence electrons. The van der Waals surface area contributed by atoms with Gasteiger partial charge in [-0.25, -0.2) is 17.9 Å². The molecule has 0 spiro atoms. The highest BCUT2D eigenvalue weighted by molar-refractivity contribution is 7.89. The third-order valence-electron chi connectivity index (χ3n) is 3.89. The van der Waals surface area contributed by atoms with Gasteiger partial charge in [-0.1, -0.05) is 29.8 Å². The van der Waals surface area contributed by atoms with Crippen molar-refractivity contribution in [2.45, 2.75) is 31.2 Å². The van der Waals surface area contributed by atoms with E-state index in [2.05, 4.69) is 15.4 Å². The Balaban J connectivity index is 1.70. The zero-order valence-electron chi connectivity index (χ0n) is 15.4. The molecule has 0 bridgehead atoms. The number of hydrogen-bond acceptors (Lipinski definition) is 4. The number of aryl methyl sites for hydroxylation is 1. The van der Waals surface area contributed by atoms with Gasteiger partial charge in [0.1, 0.15) is 5.75 Å². The predicted octanol–water partition coefficient (Wildman–Crippen LogP) is 1.91. The van der Waals surface area contributed by atoms with Crippen LogP contribution in [0.3, 0.4) is 0 Å². The van der Waals surface area contributed by atoms with Gasteiger partial charge in [0.25, 0.3) is 0 Å². The Morgan fingerprint density at radius 3 is 2.30 bits per heavy atom. The molecule has 0 heterocycles. The third kappa shape index (κ3) is 6.92. The molecule has 0 radical (unpaired) electrons. The standard InChI is InChI=1S/C19H25N3O4S/c1-14-3-9-18(10-4-14)27(25,26)21-12-11-20-19(24)22-15(2)13-16-5-7-17(23)8-6-16/h3-10,15,21,23H,11-13H2,1-2H3,(H2,20,22,24). The number of phenols is 1. The highest BCUT2D eigenvalue weighted by Gasteiger charge is 2.13. The molecule has 2 amide bonds. The van der Waals surface area contributed by atoms with Crippen LogP contribution in [0.25, 0.3) is 0 Å². The number of hydrogen-bond donors (Lipinski definition) is 4. The minimum absolute atomic E-state index is 0.0932. The van der Waals surface area contributed by atoms with E-state index in [0.717, 1.165) is 11.1 Å². The molecule has 4 N–H and O–H groups in total. The second-order valence-electron chi connectivity index (χ2n) is 6.38. The Morgan fingerprint density at radius 2 is 1.67 bits per heavy atom. The summed E-state index contributed by atoms with van der Waals surface area (Å²) in [6.07, 6.45) is 0.619. The van der Waals surface area contributed by atoms with Crippen molar-refractivity contribution in [3.8, 4) is 5.75 Å². The quantitative estimate of drug-likeness (QED) is 0.516. The molecule has 0 saturated heterocycles. The number of aromatic hydroxyl groups is 1. The van der Waals surface area contributed by atoms with Gasteiger partial charge in [0.15, 0.2) is 0 Å². The summed E-state index contributed by atoms with van der Waals surface area (Å²) in [5.41, 5.74) is 1.97. The molecule has 2 rings (SSSR count). The smallest absolute Gasteiger partial charge is 0.315 e. The van der Waals surface area contributed by atoms with E-state index >= 15 is 0 Å². The lowest BCUT2D eigenvalue weighted by atomic mass is 10.1. The molecule has 0 aliphatic carbocycles. The van der Waals surface area contributed by atoms with Crippen LogP contribution in [0.5, 0.6) is 5.75 Å². The molecule has 1 unspecified atom stereocenters. The van der Waals surface area contributed by atoms with Crippen LogP contribution in [0, 0.1) is 6.92 Å². The maximum atomic E-state index is 12.1. The number of sulfonamides is 1. The average Bonchev–Trinajstić information content (AvgIpc) is 2.61. The van der Waals surface area contributed by atoms with E-state index < -0.39 is 10.0 Å². The zero-order valence-corrected chi connectivity index (χ0v) is 16.2. The normalized spacial score (nSPS) is 12.4. The Morgan fingerprint density at radius 1 is 1.04 bits per heavy atom. The number of amides is 2. The van der Waals surface area contributed by atoms with Crippen LogP contribution in [0.2, 0.25) is 0 Å². The molecular weight excluding hydrogens is 366 g/mol. The summed E-state index contributed by atoms with van der Waals surface area (Å²) in [5.74, 6) is 0.199. The van der Waals surface area contributed by atoms with E-state index in [1.807, 2.05) is 13.8 Å². The summed E-state index contributed by atoms with van der Waals surface area (Å²) >= 11 is 0. The summed E-state index contributed by atoms with van der Waals surface area (Å²) in [7, 11) is -3.58. The van der Waals surface area contributed by atoms with Gasteiger partial charge in [-0.05, 0) is 50.1 Å². The van der Waals surface area contributed by atoms with Crippen LogP contribution in [0.4, 0.5) is 4.79 Å². The summed E-state index contributed by atoms with van der Waals surface area (Å²) in [6.45, 7) is 4.01. The number of carbonyl (C=O) groups excluding carboxylic acids is 1. The lowest BCUT2D eigenvalue weighted by molar-refractivity contribution is 0.238. The Labute approximate surface area is 159 Å². The summed E-state index contributed by atoms with van der Waals surface area (Å²) in [5, 5.41) is 14.7. The molecule has 1 atom stereocenters. The van der Waals surface area contributed by atoms with Gasteiger partial charge in [0.2, 0.25) is 10.0 Å². The third-order valence-corrected chi connectivity index (χ3v) is 5.37. The van der Waals surface area contributed by atoms with Crippen LogP contribution < -0.4 is 15.4 Å². The Hall–Kier alpha value is -2.58. The SMILES string of the molecule is Cc1ccc(S(=O)(=O)NCCNC(=O)NC(C)Cc2ccc(O)cc2)cc1. The van der Waals surface area contributed by atoms with Crippen LogP contribution in [0.15, 0.2) is 53.4 Å². The molecule has 2 aromatic rings. The topological polar surface area (TPSA) is 108 Å². The lowest BCUT2D eigenvalue weighted by Gasteiger charge is -2.15. The molecule has 0 fully saturated rings. The Kier molecular flexibility index (Phi) is 7.20. The van der Waals surface area contributed by atoms with Gasteiger partial charge in [-0.3, -0.25) is 0 Å². The fraction of sp³-hybridized carbons (Fsp3) is 0.316. The van der Waals surface area contributed by atoms with Crippen molar-refractivity contribution in [2.24, 2.45) is 0 Å². The van der Waals surface area contributed by atoms with E-state index in [9.17, 15) is 18.3 Å². The summed E-state index contributed by atoms with van der Waals surface area (Å²) in [6, 6.07) is 12.9. The fourth-order valence-corrected chi connectivity index (χ4v) is 3.51. The van der Waals surface area contributed by atoms with Gasteiger partial charge < -0.3 is 15.7 Å². The van der Waals surface area contributed by atoms with Gasteiger partial charge in [0.05, 0.1) is 4.90 Å². The number of rotatable bonds is 8. The van der Waals surface area contributed by atoms with Crippen molar-refractivity contribution >= 4 is 16.1 Å². The maximum absolute atomic E-state index is 12.1. The summed E-state index contributed by atoms with van der Waals surface area (Å²) < 4.78 is 26.7. The van der Waals surface area contributed by atoms with E-state index in [0.29, 0.717) is 6.42 Å². The van der Waals surface area contributed by atoms with Gasteiger partial charge in [0, 0.05) is 19.1 Å². The number of phenolic OH excluding ortho intramolecular Hbond substituents is 1. The lowest BCUT2D eigenvalue weighted by Crippen LogP contribution is -2.44. The number of urea groups is 1. The maximum Gasteiger partial charge on any atom is 0.315 e. The summed E-state index contributed by atoms with van der Waals surface area (Å²) in [4.78, 5) is 12.1. The monoisotopic (exact) mass is 391 g/mol. The van der Waals surface area contributed by atoms with Crippen molar-refractivity contribution in [3.63, 3.8) is 0 Å². The van der Waals surface area contributed by atoms with Crippen molar-refractivity contribution in [3.05, 3.63) is 59.7 Å². The molecule has 0 aliphatic rings. The zero-order chi connectivity index (χ0) is 19.9. The highest BCUT2D eigenvalue weighted by atomic mass is 32.2. The molecule has 2 aromatic carbocycles. The van der Waals surface area contributed by atoms with E-state index in [1.54, 1.807) is 48.5 Å². The molecular formula is C19H25N3O4S. The average molecular weight is 391 g/mol. The first-order chi connectivity index (χ1) is 12.8. The van der Waals surface area contributed by atoms with Gasteiger partial charge >= 0.3 is 6.03 Å². The largest absolute Gasteiger partial charge is 0.508 e. The first kappa shape index (κ1) is 20.7. The van der Waals surface area contributed by atoms with Crippen LogP contribution >= 0.6 is 0 Å². The van der Waals surface area contributed by atoms with Crippen LogP contribution in [-0.2, 0) is 16.4 Å². The van der Waals surface area contributed by atoms with Crippen molar-refractivity contribution in [1.82, 2.24) is 15.4 Å². The van der Waals surface area contributed by atoms with Crippen molar-refractivity contribution < 1.29 is 18.3 Å². The second-order valence-corrected chi connectivity index (χ2v) is 8.15. The van der Waals surface area contributed by atoms with Crippen molar-refractivity contribution in [1.29, 1.82) is 0 Å². The second kappa shape index (κ2) is 9.38. The molecule has 7 nitrogen and oxygen atoms in total. The number of benzene rings is 2. The molecule has 8 heteroatoms. The number of nitrogens with one attached hydrogen (secondary N) is 3. The van der Waals surface area contributed by atoms with E-state index in [-0.39, 0.29) is 35.8 Å². The van der Waals surface area contributed by atoms with Gasteiger partial charge in [-0.2, -0.15) is 0 Å². The van der Waals surface area contributed by atoms with Crippen LogP contribution in [-0.4, -0.2) is 38.7 Å². The molecule has 0 saturated carbocycles. The van der Waals surface area contributed by atoms with Gasteiger partial charge in [-0.15, -0.1) is 0 Å². The minimum atomic E-state index is -3.58. The molecule has 27 heavy (non-hydrogen) atoms. The fourth-order valence-electron chi connectivity index (χ4n) is 2.47. The van der Waals surface area contributed by atoms with E-state index in [1.165, 1.54) is 0 Å². The highest BCUT2D eigenvalue weighted by Crippen LogP contribution is 2.11. The first-order valence-corrected chi connectivity index (χ1v) is 10.1. The van der Waals surface area contributed by atoms with Crippen molar-refractivity contribution in [2.75, 3.05) is 13.1 Å².